The molecule has 3 heterocycles. The van der Waals surface area contributed by atoms with Crippen LogP contribution in [0.25, 0.3) is 0 Å². The number of aromatic nitrogens is 3. The first-order valence-electron chi connectivity index (χ1n) is 8.27. The van der Waals surface area contributed by atoms with E-state index in [0.29, 0.717) is 5.92 Å². The van der Waals surface area contributed by atoms with E-state index in [1.165, 1.54) is 0 Å². The Morgan fingerprint density at radius 2 is 1.74 bits per heavy atom. The van der Waals surface area contributed by atoms with Crippen LogP contribution >= 0.6 is 0 Å². The lowest BCUT2D eigenvalue weighted by Crippen LogP contribution is -2.45. The van der Waals surface area contributed by atoms with Crippen molar-refractivity contribution in [2.45, 2.75) is 40.3 Å². The second-order valence-corrected chi connectivity index (χ2v) is 6.69. The molecule has 0 unspecified atom stereocenters. The van der Waals surface area contributed by atoms with Crippen LogP contribution in [0.1, 0.15) is 37.0 Å². The summed E-state index contributed by atoms with van der Waals surface area (Å²) in [4.78, 5) is 9.22. The number of hydrogen-bond donors (Lipinski definition) is 0. The summed E-state index contributed by atoms with van der Waals surface area (Å²) in [5.74, 6) is 3.02. The van der Waals surface area contributed by atoms with Crippen LogP contribution in [0.5, 0.6) is 0 Å². The minimum absolute atomic E-state index is 0.545. The van der Waals surface area contributed by atoms with E-state index in [0.717, 1.165) is 68.9 Å². The molecule has 2 aromatic heterocycles. The molecule has 1 aliphatic heterocycles. The van der Waals surface area contributed by atoms with Gasteiger partial charge in [-0.2, -0.15) is 4.98 Å². The van der Waals surface area contributed by atoms with Crippen molar-refractivity contribution in [3.05, 3.63) is 29.2 Å². The Hall–Kier alpha value is -1.73. The van der Waals surface area contributed by atoms with Gasteiger partial charge in [-0.25, -0.2) is 0 Å². The molecule has 3 rings (SSSR count). The highest BCUT2D eigenvalue weighted by molar-refractivity contribution is 5.03. The highest BCUT2D eigenvalue weighted by Crippen LogP contribution is 2.12. The summed E-state index contributed by atoms with van der Waals surface area (Å²) >= 11 is 0. The van der Waals surface area contributed by atoms with Gasteiger partial charge in [0.25, 0.3) is 0 Å². The number of piperazine rings is 1. The smallest absolute Gasteiger partial charge is 0.240 e. The molecule has 0 aliphatic carbocycles. The van der Waals surface area contributed by atoms with Gasteiger partial charge in [0.05, 0.1) is 18.8 Å². The van der Waals surface area contributed by atoms with Crippen LogP contribution in [0.2, 0.25) is 0 Å². The molecule has 0 saturated carbocycles. The van der Waals surface area contributed by atoms with E-state index in [1.54, 1.807) is 0 Å². The average Bonchev–Trinajstić information content (AvgIpc) is 3.10. The molecule has 1 fully saturated rings. The number of hydrogen-bond acceptors (Lipinski definition) is 7. The van der Waals surface area contributed by atoms with E-state index >= 15 is 0 Å². The van der Waals surface area contributed by atoms with Crippen LogP contribution in [0, 0.1) is 12.8 Å². The first-order valence-corrected chi connectivity index (χ1v) is 8.27. The zero-order valence-electron chi connectivity index (χ0n) is 14.2. The Kier molecular flexibility index (Phi) is 5.07. The summed E-state index contributed by atoms with van der Waals surface area (Å²) in [6.07, 6.45) is 0.869. The lowest BCUT2D eigenvalue weighted by atomic mass is 10.1. The quantitative estimate of drug-likeness (QED) is 0.805. The lowest BCUT2D eigenvalue weighted by molar-refractivity contribution is 0.105. The van der Waals surface area contributed by atoms with Crippen LogP contribution in [-0.2, 0) is 19.5 Å². The van der Waals surface area contributed by atoms with Gasteiger partial charge in [0.15, 0.2) is 11.6 Å². The minimum Gasteiger partial charge on any atom is -0.360 e. The van der Waals surface area contributed by atoms with Gasteiger partial charge < -0.3 is 9.05 Å². The van der Waals surface area contributed by atoms with Crippen LogP contribution in [-0.4, -0.2) is 51.3 Å². The van der Waals surface area contributed by atoms with E-state index < -0.39 is 0 Å². The maximum atomic E-state index is 5.35. The highest BCUT2D eigenvalue weighted by Gasteiger charge is 2.20. The molecule has 7 heteroatoms. The predicted octanol–water partition coefficient (Wildman–Crippen LogP) is 1.88. The minimum atomic E-state index is 0.545. The summed E-state index contributed by atoms with van der Waals surface area (Å²) in [5.41, 5.74) is 0.937. The van der Waals surface area contributed by atoms with Crippen molar-refractivity contribution in [1.82, 2.24) is 25.1 Å². The van der Waals surface area contributed by atoms with Crippen molar-refractivity contribution in [1.29, 1.82) is 0 Å². The van der Waals surface area contributed by atoms with Crippen molar-refractivity contribution >= 4 is 0 Å². The van der Waals surface area contributed by atoms with E-state index in [9.17, 15) is 0 Å². The zero-order chi connectivity index (χ0) is 16.2. The van der Waals surface area contributed by atoms with Crippen molar-refractivity contribution in [2.75, 3.05) is 26.2 Å². The van der Waals surface area contributed by atoms with Crippen LogP contribution in [0.4, 0.5) is 0 Å². The first-order chi connectivity index (χ1) is 11.1. The fraction of sp³-hybridized carbons (Fsp3) is 0.688. The Balaban J connectivity index is 1.44. The van der Waals surface area contributed by atoms with Crippen molar-refractivity contribution < 1.29 is 9.05 Å². The van der Waals surface area contributed by atoms with Crippen LogP contribution < -0.4 is 0 Å². The molecule has 0 bridgehead atoms. The molecule has 126 valence electrons. The standard InChI is InChI=1S/C16H25N5O2/c1-12(2)8-15-17-16(23-19-15)11-21-6-4-20(5-7-21)10-14-9-13(3)18-22-14/h9,12H,4-8,10-11H2,1-3H3. The summed E-state index contributed by atoms with van der Waals surface area (Å²) < 4.78 is 10.6. The van der Waals surface area contributed by atoms with Gasteiger partial charge in [0.1, 0.15) is 0 Å². The monoisotopic (exact) mass is 319 g/mol. The molecule has 2 aromatic rings. The largest absolute Gasteiger partial charge is 0.360 e. The number of nitrogens with zero attached hydrogens (tertiary/aromatic N) is 5. The maximum Gasteiger partial charge on any atom is 0.240 e. The molecule has 7 nitrogen and oxygen atoms in total. The van der Waals surface area contributed by atoms with Crippen LogP contribution in [0.3, 0.4) is 0 Å². The molecule has 1 saturated heterocycles. The Morgan fingerprint density at radius 3 is 2.35 bits per heavy atom. The second kappa shape index (κ2) is 7.23. The third kappa shape index (κ3) is 4.62. The lowest BCUT2D eigenvalue weighted by Gasteiger charge is -2.33. The van der Waals surface area contributed by atoms with Gasteiger partial charge in [-0.1, -0.05) is 24.2 Å². The first kappa shape index (κ1) is 16.1. The zero-order valence-corrected chi connectivity index (χ0v) is 14.2. The van der Waals surface area contributed by atoms with Gasteiger partial charge in [0, 0.05) is 38.7 Å². The third-order valence-corrected chi connectivity index (χ3v) is 3.98. The molecule has 23 heavy (non-hydrogen) atoms. The molecule has 1 aliphatic rings. The third-order valence-electron chi connectivity index (χ3n) is 3.98. The fourth-order valence-electron chi connectivity index (χ4n) is 2.81. The molecule has 0 spiro atoms. The molecule has 0 N–H and O–H groups in total. The van der Waals surface area contributed by atoms with Crippen molar-refractivity contribution in [3.8, 4) is 0 Å². The second-order valence-electron chi connectivity index (χ2n) is 6.69. The van der Waals surface area contributed by atoms with Crippen molar-refractivity contribution in [3.63, 3.8) is 0 Å². The van der Waals surface area contributed by atoms with Gasteiger partial charge in [-0.3, -0.25) is 9.80 Å². The number of rotatable bonds is 6. The molecule has 0 atom stereocenters. The topological polar surface area (TPSA) is 71.4 Å². The van der Waals surface area contributed by atoms with Crippen molar-refractivity contribution in [2.24, 2.45) is 5.92 Å². The Labute approximate surface area is 136 Å². The number of aryl methyl sites for hydroxylation is 1. The van der Waals surface area contributed by atoms with Gasteiger partial charge in [-0.15, -0.1) is 0 Å². The van der Waals surface area contributed by atoms with Gasteiger partial charge in [0.2, 0.25) is 5.89 Å². The summed E-state index contributed by atoms with van der Waals surface area (Å²) in [7, 11) is 0. The van der Waals surface area contributed by atoms with E-state index in [1.807, 2.05) is 13.0 Å². The molecule has 0 aromatic carbocycles. The summed E-state index contributed by atoms with van der Waals surface area (Å²) in [5, 5.41) is 7.99. The van der Waals surface area contributed by atoms with Gasteiger partial charge >= 0.3 is 0 Å². The summed E-state index contributed by atoms with van der Waals surface area (Å²) in [6.45, 7) is 11.8. The average molecular weight is 319 g/mol. The fourth-order valence-corrected chi connectivity index (χ4v) is 2.81. The van der Waals surface area contributed by atoms with E-state index in [4.69, 9.17) is 9.05 Å². The molecular weight excluding hydrogens is 294 g/mol. The normalized spacial score (nSPS) is 17.2. The predicted molar refractivity (Wildman–Crippen MR) is 84.6 cm³/mol. The molecule has 0 amide bonds. The Bertz CT molecular complexity index is 614. The van der Waals surface area contributed by atoms with E-state index in [-0.39, 0.29) is 0 Å². The van der Waals surface area contributed by atoms with Gasteiger partial charge in [-0.05, 0) is 12.8 Å². The van der Waals surface area contributed by atoms with Crippen LogP contribution in [0.15, 0.2) is 15.1 Å². The maximum absolute atomic E-state index is 5.35. The Morgan fingerprint density at radius 1 is 1.04 bits per heavy atom. The van der Waals surface area contributed by atoms with E-state index in [2.05, 4.69) is 38.9 Å². The molecular formula is C16H25N5O2. The SMILES string of the molecule is Cc1cc(CN2CCN(Cc3nc(CC(C)C)no3)CC2)on1. The highest BCUT2D eigenvalue weighted by atomic mass is 16.5. The molecule has 0 radical (unpaired) electrons. The summed E-state index contributed by atoms with van der Waals surface area (Å²) in [6, 6.07) is 2.00.